The Morgan fingerprint density at radius 3 is 2.92 bits per heavy atom. The van der Waals surface area contributed by atoms with E-state index in [1.165, 1.54) is 11.1 Å². The summed E-state index contributed by atoms with van der Waals surface area (Å²) in [5.74, 6) is 0. The zero-order valence-electron chi connectivity index (χ0n) is 6.97. The summed E-state index contributed by atoms with van der Waals surface area (Å²) in [5, 5.41) is 9.67. The first-order chi connectivity index (χ1) is 5.70. The van der Waals surface area contributed by atoms with Gasteiger partial charge in [0.05, 0.1) is 6.10 Å². The van der Waals surface area contributed by atoms with Crippen LogP contribution in [0.5, 0.6) is 0 Å². The van der Waals surface area contributed by atoms with Gasteiger partial charge in [0.25, 0.3) is 0 Å². The van der Waals surface area contributed by atoms with Crippen molar-refractivity contribution in [1.29, 1.82) is 0 Å². The topological polar surface area (TPSA) is 20.2 Å². The highest BCUT2D eigenvalue weighted by molar-refractivity contribution is 9.10. The second kappa shape index (κ2) is 2.86. The third kappa shape index (κ3) is 1.10. The predicted octanol–water partition coefficient (Wildman–Crippen LogP) is 2.74. The normalized spacial score (nSPS) is 21.1. The highest BCUT2D eigenvalue weighted by Gasteiger charge is 2.23. The average Bonchev–Trinajstić information content (AvgIpc) is 2.42. The van der Waals surface area contributed by atoms with Crippen molar-refractivity contribution in [1.82, 2.24) is 0 Å². The van der Waals surface area contributed by atoms with E-state index in [0.717, 1.165) is 22.9 Å². The standard InChI is InChI=1S/C10H11BrO/c1-6-2-4-8(11)7-3-5-9(12)10(6)7/h2,4,9,12H,3,5H2,1H3/t9-/m0/s1. The molecule has 0 saturated heterocycles. The molecular weight excluding hydrogens is 216 g/mol. The van der Waals surface area contributed by atoms with Crippen molar-refractivity contribution >= 4 is 15.9 Å². The average molecular weight is 227 g/mol. The summed E-state index contributed by atoms with van der Waals surface area (Å²) in [4.78, 5) is 0. The van der Waals surface area contributed by atoms with Gasteiger partial charge < -0.3 is 5.11 Å². The summed E-state index contributed by atoms with van der Waals surface area (Å²) in [7, 11) is 0. The zero-order chi connectivity index (χ0) is 8.72. The Morgan fingerprint density at radius 1 is 1.50 bits per heavy atom. The summed E-state index contributed by atoms with van der Waals surface area (Å²) in [6.45, 7) is 2.06. The number of fused-ring (bicyclic) bond motifs is 1. The molecule has 64 valence electrons. The van der Waals surface area contributed by atoms with Crippen molar-refractivity contribution in [3.63, 3.8) is 0 Å². The maximum atomic E-state index is 9.67. The number of rotatable bonds is 0. The largest absolute Gasteiger partial charge is 0.388 e. The van der Waals surface area contributed by atoms with Crippen LogP contribution in [0.4, 0.5) is 0 Å². The molecular formula is C10H11BrO. The van der Waals surface area contributed by atoms with Crippen molar-refractivity contribution < 1.29 is 5.11 Å². The van der Waals surface area contributed by atoms with Gasteiger partial charge in [-0.05, 0) is 42.5 Å². The predicted molar refractivity (Wildman–Crippen MR) is 52.2 cm³/mol. The lowest BCUT2D eigenvalue weighted by atomic mass is 10.0. The molecule has 2 rings (SSSR count). The summed E-state index contributed by atoms with van der Waals surface area (Å²) < 4.78 is 1.14. The second-order valence-corrected chi connectivity index (χ2v) is 4.17. The van der Waals surface area contributed by atoms with Gasteiger partial charge in [0.1, 0.15) is 0 Å². The van der Waals surface area contributed by atoms with E-state index >= 15 is 0 Å². The summed E-state index contributed by atoms with van der Waals surface area (Å²) in [6.07, 6.45) is 1.63. The van der Waals surface area contributed by atoms with Gasteiger partial charge in [0, 0.05) is 4.47 Å². The first-order valence-corrected chi connectivity index (χ1v) is 4.95. The van der Waals surface area contributed by atoms with Crippen molar-refractivity contribution in [3.8, 4) is 0 Å². The molecule has 0 saturated carbocycles. The molecule has 12 heavy (non-hydrogen) atoms. The Labute approximate surface area is 80.5 Å². The van der Waals surface area contributed by atoms with Crippen LogP contribution in [-0.4, -0.2) is 5.11 Å². The first kappa shape index (κ1) is 8.27. The number of hydrogen-bond donors (Lipinski definition) is 1. The molecule has 0 aliphatic heterocycles. The molecule has 0 unspecified atom stereocenters. The smallest absolute Gasteiger partial charge is 0.0798 e. The number of hydrogen-bond acceptors (Lipinski definition) is 1. The third-order valence-corrected chi connectivity index (χ3v) is 3.26. The van der Waals surface area contributed by atoms with Crippen LogP contribution in [0.1, 0.15) is 29.2 Å². The minimum atomic E-state index is -0.238. The second-order valence-electron chi connectivity index (χ2n) is 3.31. The van der Waals surface area contributed by atoms with E-state index in [0.29, 0.717) is 0 Å². The Bertz CT molecular complexity index is 320. The van der Waals surface area contributed by atoms with E-state index in [4.69, 9.17) is 0 Å². The van der Waals surface area contributed by atoms with Gasteiger partial charge in [0.15, 0.2) is 0 Å². The van der Waals surface area contributed by atoms with E-state index in [2.05, 4.69) is 35.0 Å². The number of aryl methyl sites for hydroxylation is 1. The molecule has 1 atom stereocenters. The van der Waals surface area contributed by atoms with Crippen LogP contribution in [0.3, 0.4) is 0 Å². The molecule has 0 aromatic heterocycles. The molecule has 1 aliphatic rings. The van der Waals surface area contributed by atoms with Crippen molar-refractivity contribution in [2.75, 3.05) is 0 Å². The molecule has 0 amide bonds. The van der Waals surface area contributed by atoms with Gasteiger partial charge in [-0.15, -0.1) is 0 Å². The van der Waals surface area contributed by atoms with Gasteiger partial charge in [-0.1, -0.05) is 22.0 Å². The van der Waals surface area contributed by atoms with Crippen molar-refractivity contribution in [3.05, 3.63) is 33.3 Å². The quantitative estimate of drug-likeness (QED) is 0.722. The highest BCUT2D eigenvalue weighted by atomic mass is 79.9. The van der Waals surface area contributed by atoms with Crippen LogP contribution >= 0.6 is 15.9 Å². The Hall–Kier alpha value is -0.340. The maximum absolute atomic E-state index is 9.67. The van der Waals surface area contributed by atoms with Crippen LogP contribution < -0.4 is 0 Å². The van der Waals surface area contributed by atoms with E-state index in [1.54, 1.807) is 0 Å². The monoisotopic (exact) mass is 226 g/mol. The fourth-order valence-electron chi connectivity index (χ4n) is 1.90. The minimum absolute atomic E-state index is 0.238. The van der Waals surface area contributed by atoms with Crippen molar-refractivity contribution in [2.24, 2.45) is 0 Å². The molecule has 0 spiro atoms. The fraction of sp³-hybridized carbons (Fsp3) is 0.400. The lowest BCUT2D eigenvalue weighted by molar-refractivity contribution is 0.179. The molecule has 0 fully saturated rings. The third-order valence-electron chi connectivity index (χ3n) is 2.52. The molecule has 1 aromatic carbocycles. The highest BCUT2D eigenvalue weighted by Crippen LogP contribution is 2.37. The maximum Gasteiger partial charge on any atom is 0.0798 e. The van der Waals surface area contributed by atoms with E-state index in [1.807, 2.05) is 0 Å². The Kier molecular flexibility index (Phi) is 1.97. The molecule has 1 aromatic rings. The number of aliphatic hydroxyl groups excluding tert-OH is 1. The van der Waals surface area contributed by atoms with Gasteiger partial charge in [0.2, 0.25) is 0 Å². The van der Waals surface area contributed by atoms with Crippen molar-refractivity contribution in [2.45, 2.75) is 25.9 Å². The summed E-state index contributed by atoms with van der Waals surface area (Å²) in [6, 6.07) is 4.11. The van der Waals surface area contributed by atoms with Crippen LogP contribution in [-0.2, 0) is 6.42 Å². The van der Waals surface area contributed by atoms with E-state index in [9.17, 15) is 5.11 Å². The molecule has 0 radical (unpaired) electrons. The molecule has 2 heteroatoms. The number of aliphatic hydroxyl groups is 1. The lowest BCUT2D eigenvalue weighted by Gasteiger charge is -2.08. The van der Waals surface area contributed by atoms with Crippen LogP contribution in [0, 0.1) is 6.92 Å². The molecule has 1 N–H and O–H groups in total. The van der Waals surface area contributed by atoms with Crippen LogP contribution in [0.15, 0.2) is 16.6 Å². The first-order valence-electron chi connectivity index (χ1n) is 4.16. The van der Waals surface area contributed by atoms with E-state index < -0.39 is 0 Å². The van der Waals surface area contributed by atoms with Gasteiger partial charge in [-0.2, -0.15) is 0 Å². The van der Waals surface area contributed by atoms with Gasteiger partial charge in [-0.25, -0.2) is 0 Å². The van der Waals surface area contributed by atoms with Crippen LogP contribution in [0.25, 0.3) is 0 Å². The lowest BCUT2D eigenvalue weighted by Crippen LogP contribution is -1.94. The number of halogens is 1. The SMILES string of the molecule is Cc1ccc(Br)c2c1[C@@H](O)CC2. The van der Waals surface area contributed by atoms with Gasteiger partial charge >= 0.3 is 0 Å². The molecule has 0 bridgehead atoms. The zero-order valence-corrected chi connectivity index (χ0v) is 8.56. The van der Waals surface area contributed by atoms with Crippen LogP contribution in [0.2, 0.25) is 0 Å². The minimum Gasteiger partial charge on any atom is -0.388 e. The Morgan fingerprint density at radius 2 is 2.25 bits per heavy atom. The summed E-state index contributed by atoms with van der Waals surface area (Å²) in [5.41, 5.74) is 3.64. The Balaban J connectivity index is 2.64. The van der Waals surface area contributed by atoms with E-state index in [-0.39, 0.29) is 6.10 Å². The fourth-order valence-corrected chi connectivity index (χ4v) is 2.44. The molecule has 1 aliphatic carbocycles. The molecule has 0 heterocycles. The number of benzene rings is 1. The molecule has 1 nitrogen and oxygen atoms in total. The van der Waals surface area contributed by atoms with Gasteiger partial charge in [-0.3, -0.25) is 0 Å². The summed E-state index contributed by atoms with van der Waals surface area (Å²) >= 11 is 3.50.